The second-order valence-corrected chi connectivity index (χ2v) is 5.84. The summed E-state index contributed by atoms with van der Waals surface area (Å²) in [6, 6.07) is 5.35. The lowest BCUT2D eigenvalue weighted by molar-refractivity contribution is 0.0694. The van der Waals surface area contributed by atoms with Gasteiger partial charge in [0, 0.05) is 16.2 Å². The van der Waals surface area contributed by atoms with Gasteiger partial charge < -0.3 is 5.11 Å². The third-order valence-corrected chi connectivity index (χ3v) is 3.99. The lowest BCUT2D eigenvalue weighted by atomic mass is 10.0. The second kappa shape index (κ2) is 5.89. The molecule has 0 aliphatic heterocycles. The van der Waals surface area contributed by atoms with Crippen molar-refractivity contribution in [3.05, 3.63) is 45.1 Å². The molecule has 0 unspecified atom stereocenters. The van der Waals surface area contributed by atoms with E-state index >= 15 is 0 Å². The Hall–Kier alpha value is -1.46. The number of carboxylic acid groups (broad SMARTS) is 1. The fourth-order valence-corrected chi connectivity index (χ4v) is 2.27. The van der Waals surface area contributed by atoms with Crippen molar-refractivity contribution in [1.29, 1.82) is 0 Å². The second-order valence-electron chi connectivity index (χ2n) is 4.58. The van der Waals surface area contributed by atoms with Gasteiger partial charge in [0.25, 0.3) is 0 Å². The summed E-state index contributed by atoms with van der Waals surface area (Å²) in [5.74, 6) is -0.535. The Morgan fingerprint density at radius 3 is 2.65 bits per heavy atom. The van der Waals surface area contributed by atoms with E-state index in [2.05, 4.69) is 25.9 Å². The van der Waals surface area contributed by atoms with Gasteiger partial charge in [-0.3, -0.25) is 0 Å². The zero-order valence-electron chi connectivity index (χ0n) is 10.9. The topological polar surface area (TPSA) is 63.1 Å². The minimum absolute atomic E-state index is 0.00130. The molecule has 0 fully saturated rings. The predicted molar refractivity (Wildman–Crippen MR) is 81.2 cm³/mol. The molecule has 104 valence electrons. The molecule has 0 aliphatic rings. The molecule has 20 heavy (non-hydrogen) atoms. The normalized spacial score (nSPS) is 10.8. The van der Waals surface area contributed by atoms with Crippen LogP contribution in [0.25, 0.3) is 11.4 Å². The van der Waals surface area contributed by atoms with Crippen LogP contribution in [-0.4, -0.2) is 21.0 Å². The molecule has 1 aromatic heterocycles. The number of nitrogens with zero attached hydrogens (tertiary/aromatic N) is 2. The predicted octanol–water partition coefficient (Wildman–Crippen LogP) is 4.38. The summed E-state index contributed by atoms with van der Waals surface area (Å²) in [5, 5.41) is 9.75. The maximum Gasteiger partial charge on any atom is 0.339 e. The molecular weight excluding hydrogens is 344 g/mol. The molecule has 2 aromatic rings. The number of halogens is 2. The van der Waals surface area contributed by atoms with Gasteiger partial charge in [-0.15, -0.1) is 0 Å². The molecule has 0 bridgehead atoms. The number of hydrogen-bond donors (Lipinski definition) is 1. The highest BCUT2D eigenvalue weighted by Crippen LogP contribution is 2.28. The van der Waals surface area contributed by atoms with Gasteiger partial charge in [-0.2, -0.15) is 0 Å². The molecule has 0 saturated heterocycles. The molecule has 1 aromatic carbocycles. The maximum absolute atomic E-state index is 11.2. The first-order chi connectivity index (χ1) is 9.40. The molecule has 4 nitrogen and oxygen atoms in total. The van der Waals surface area contributed by atoms with Gasteiger partial charge in [0.05, 0.1) is 16.3 Å². The molecule has 1 heterocycles. The van der Waals surface area contributed by atoms with Crippen LogP contribution >= 0.6 is 27.5 Å². The van der Waals surface area contributed by atoms with Crippen molar-refractivity contribution in [3.63, 3.8) is 0 Å². The van der Waals surface area contributed by atoms with Gasteiger partial charge in [-0.05, 0) is 40.0 Å². The number of aromatic carboxylic acids is 1. The summed E-state index contributed by atoms with van der Waals surface area (Å²) in [4.78, 5) is 19.7. The fraction of sp³-hybridized carbons (Fsp3) is 0.214. The summed E-state index contributed by atoms with van der Waals surface area (Å²) >= 11 is 9.30. The standard InChI is InChI=1S/C14H12BrClN2O2/c1-7(2)12-9(14(19)20)6-17-13(18-12)8-3-4-11(16)10(15)5-8/h3-7H,1-2H3,(H,19,20). The van der Waals surface area contributed by atoms with E-state index in [1.165, 1.54) is 6.20 Å². The Morgan fingerprint density at radius 2 is 2.10 bits per heavy atom. The van der Waals surface area contributed by atoms with Crippen molar-refractivity contribution in [1.82, 2.24) is 9.97 Å². The largest absolute Gasteiger partial charge is 0.478 e. The number of rotatable bonds is 3. The molecule has 0 saturated carbocycles. The van der Waals surface area contributed by atoms with E-state index < -0.39 is 5.97 Å². The van der Waals surface area contributed by atoms with Gasteiger partial charge in [0.2, 0.25) is 0 Å². The molecule has 2 rings (SSSR count). The number of carbonyl (C=O) groups is 1. The van der Waals surface area contributed by atoms with Gasteiger partial charge in [0.15, 0.2) is 5.82 Å². The molecule has 6 heteroatoms. The number of hydrogen-bond acceptors (Lipinski definition) is 3. The van der Waals surface area contributed by atoms with Crippen LogP contribution in [0.1, 0.15) is 35.8 Å². The van der Waals surface area contributed by atoms with Crippen LogP contribution in [-0.2, 0) is 0 Å². The van der Waals surface area contributed by atoms with Gasteiger partial charge in [-0.1, -0.05) is 25.4 Å². The van der Waals surface area contributed by atoms with Crippen molar-refractivity contribution < 1.29 is 9.90 Å². The van der Waals surface area contributed by atoms with Gasteiger partial charge in [0.1, 0.15) is 0 Å². The Bertz CT molecular complexity index is 674. The lowest BCUT2D eigenvalue weighted by Crippen LogP contribution is -2.08. The highest BCUT2D eigenvalue weighted by atomic mass is 79.9. The minimum Gasteiger partial charge on any atom is -0.478 e. The quantitative estimate of drug-likeness (QED) is 0.887. The van der Waals surface area contributed by atoms with E-state index in [9.17, 15) is 4.79 Å². The zero-order chi connectivity index (χ0) is 14.9. The van der Waals surface area contributed by atoms with Gasteiger partial charge >= 0.3 is 5.97 Å². The van der Waals surface area contributed by atoms with Crippen LogP contribution < -0.4 is 0 Å². The van der Waals surface area contributed by atoms with Crippen LogP contribution in [0.15, 0.2) is 28.9 Å². The van der Waals surface area contributed by atoms with Crippen LogP contribution in [0.3, 0.4) is 0 Å². The number of carboxylic acids is 1. The summed E-state index contributed by atoms with van der Waals surface area (Å²) in [6.07, 6.45) is 1.35. The first kappa shape index (κ1) is 14.9. The van der Waals surface area contributed by atoms with Gasteiger partial charge in [-0.25, -0.2) is 14.8 Å². The van der Waals surface area contributed by atoms with Crippen LogP contribution in [0.4, 0.5) is 0 Å². The first-order valence-electron chi connectivity index (χ1n) is 5.95. The van der Waals surface area contributed by atoms with Crippen molar-refractivity contribution in [3.8, 4) is 11.4 Å². The van der Waals surface area contributed by atoms with E-state index in [1.54, 1.807) is 12.1 Å². The van der Waals surface area contributed by atoms with Crippen molar-refractivity contribution >= 4 is 33.5 Å². The molecular formula is C14H12BrClN2O2. The van der Waals surface area contributed by atoms with Crippen LogP contribution in [0, 0.1) is 0 Å². The third-order valence-electron chi connectivity index (χ3n) is 2.77. The van der Waals surface area contributed by atoms with E-state index in [0.717, 1.165) is 10.0 Å². The molecule has 1 N–H and O–H groups in total. The molecule has 0 radical (unpaired) electrons. The highest BCUT2D eigenvalue weighted by molar-refractivity contribution is 9.10. The molecule has 0 atom stereocenters. The smallest absolute Gasteiger partial charge is 0.339 e. The monoisotopic (exact) mass is 354 g/mol. The van der Waals surface area contributed by atoms with E-state index in [1.807, 2.05) is 19.9 Å². The summed E-state index contributed by atoms with van der Waals surface area (Å²) < 4.78 is 0.744. The summed E-state index contributed by atoms with van der Waals surface area (Å²) in [5.41, 5.74) is 1.44. The van der Waals surface area contributed by atoms with Crippen LogP contribution in [0.5, 0.6) is 0 Å². The lowest BCUT2D eigenvalue weighted by Gasteiger charge is -2.10. The summed E-state index contributed by atoms with van der Waals surface area (Å²) in [6.45, 7) is 3.80. The SMILES string of the molecule is CC(C)c1nc(-c2ccc(Cl)c(Br)c2)ncc1C(=O)O. The highest BCUT2D eigenvalue weighted by Gasteiger charge is 2.17. The fourth-order valence-electron chi connectivity index (χ4n) is 1.77. The van der Waals surface area contributed by atoms with E-state index in [0.29, 0.717) is 16.5 Å². The van der Waals surface area contributed by atoms with Crippen molar-refractivity contribution in [2.75, 3.05) is 0 Å². The average Bonchev–Trinajstić information content (AvgIpc) is 2.41. The maximum atomic E-state index is 11.2. The Morgan fingerprint density at radius 1 is 1.40 bits per heavy atom. The number of aromatic nitrogens is 2. The molecule has 0 spiro atoms. The van der Waals surface area contributed by atoms with Crippen molar-refractivity contribution in [2.45, 2.75) is 19.8 Å². The van der Waals surface area contributed by atoms with E-state index in [-0.39, 0.29) is 11.5 Å². The molecule has 0 aliphatic carbocycles. The third kappa shape index (κ3) is 2.99. The van der Waals surface area contributed by atoms with E-state index in [4.69, 9.17) is 16.7 Å². The minimum atomic E-state index is -1.02. The average molecular weight is 356 g/mol. The summed E-state index contributed by atoms with van der Waals surface area (Å²) in [7, 11) is 0. The first-order valence-corrected chi connectivity index (χ1v) is 7.13. The Kier molecular flexibility index (Phi) is 4.40. The Labute approximate surface area is 130 Å². The van der Waals surface area contributed by atoms with Crippen LogP contribution in [0.2, 0.25) is 5.02 Å². The number of benzene rings is 1. The Balaban J connectivity index is 2.55. The van der Waals surface area contributed by atoms with Crippen molar-refractivity contribution in [2.24, 2.45) is 0 Å². The molecule has 0 amide bonds. The zero-order valence-corrected chi connectivity index (χ0v) is 13.2.